The second kappa shape index (κ2) is 8.22. The molecule has 0 radical (unpaired) electrons. The van der Waals surface area contributed by atoms with Gasteiger partial charge in [-0.25, -0.2) is 0 Å². The van der Waals surface area contributed by atoms with Crippen LogP contribution in [-0.2, 0) is 6.54 Å². The summed E-state index contributed by atoms with van der Waals surface area (Å²) in [6, 6.07) is 3.90. The SMILES string of the molecule is CCCCNCc1cc(Cl)c(OC)c(OCC)c1. The zero-order valence-electron chi connectivity index (χ0n) is 11.4. The molecule has 1 aromatic carbocycles. The van der Waals surface area contributed by atoms with Gasteiger partial charge >= 0.3 is 0 Å². The van der Waals surface area contributed by atoms with Gasteiger partial charge < -0.3 is 14.8 Å². The van der Waals surface area contributed by atoms with Crippen LogP contribution in [0.4, 0.5) is 0 Å². The van der Waals surface area contributed by atoms with Crippen molar-refractivity contribution in [3.05, 3.63) is 22.7 Å². The van der Waals surface area contributed by atoms with Gasteiger partial charge in [0.25, 0.3) is 0 Å². The maximum atomic E-state index is 6.18. The van der Waals surface area contributed by atoms with E-state index in [-0.39, 0.29) is 0 Å². The zero-order valence-corrected chi connectivity index (χ0v) is 12.1. The van der Waals surface area contributed by atoms with Gasteiger partial charge in [-0.3, -0.25) is 0 Å². The average Bonchev–Trinajstić information content (AvgIpc) is 2.35. The summed E-state index contributed by atoms with van der Waals surface area (Å²) in [5.41, 5.74) is 1.11. The number of nitrogens with one attached hydrogen (secondary N) is 1. The largest absolute Gasteiger partial charge is 0.491 e. The van der Waals surface area contributed by atoms with Gasteiger partial charge in [0, 0.05) is 6.54 Å². The molecule has 0 bridgehead atoms. The van der Waals surface area contributed by atoms with Gasteiger partial charge in [0.05, 0.1) is 18.7 Å². The number of ether oxygens (including phenoxy) is 2. The van der Waals surface area contributed by atoms with Gasteiger partial charge in [0.2, 0.25) is 0 Å². The van der Waals surface area contributed by atoms with E-state index < -0.39 is 0 Å². The molecule has 102 valence electrons. The first kappa shape index (κ1) is 15.1. The lowest BCUT2D eigenvalue weighted by Gasteiger charge is -2.13. The third-order valence-corrected chi connectivity index (χ3v) is 2.89. The fraction of sp³-hybridized carbons (Fsp3) is 0.571. The van der Waals surface area contributed by atoms with Crippen molar-refractivity contribution in [1.82, 2.24) is 5.32 Å². The highest BCUT2D eigenvalue weighted by atomic mass is 35.5. The van der Waals surface area contributed by atoms with Crippen LogP contribution < -0.4 is 14.8 Å². The number of rotatable bonds is 8. The first-order chi connectivity index (χ1) is 8.72. The predicted octanol–water partition coefficient (Wildman–Crippen LogP) is 3.64. The molecule has 0 aliphatic carbocycles. The van der Waals surface area contributed by atoms with Crippen LogP contribution in [0.2, 0.25) is 5.02 Å². The lowest BCUT2D eigenvalue weighted by atomic mass is 10.2. The van der Waals surface area contributed by atoms with Crippen molar-refractivity contribution in [2.24, 2.45) is 0 Å². The molecule has 0 amide bonds. The molecule has 0 aliphatic heterocycles. The Bertz CT molecular complexity index is 369. The summed E-state index contributed by atoms with van der Waals surface area (Å²) in [7, 11) is 1.60. The minimum atomic E-state index is 0.593. The van der Waals surface area contributed by atoms with Crippen molar-refractivity contribution in [1.29, 1.82) is 0 Å². The Labute approximate surface area is 114 Å². The molecule has 1 N–H and O–H groups in total. The predicted molar refractivity (Wildman–Crippen MR) is 75.8 cm³/mol. The van der Waals surface area contributed by atoms with Crippen molar-refractivity contribution in [2.75, 3.05) is 20.3 Å². The molecule has 0 saturated carbocycles. The maximum Gasteiger partial charge on any atom is 0.179 e. The molecule has 1 rings (SSSR count). The van der Waals surface area contributed by atoms with Crippen molar-refractivity contribution in [3.8, 4) is 11.5 Å². The van der Waals surface area contributed by atoms with Crippen LogP contribution in [0.15, 0.2) is 12.1 Å². The highest BCUT2D eigenvalue weighted by Crippen LogP contribution is 2.36. The number of methoxy groups -OCH3 is 1. The molecular weight excluding hydrogens is 250 g/mol. The van der Waals surface area contributed by atoms with E-state index in [1.807, 2.05) is 19.1 Å². The number of hydrogen-bond acceptors (Lipinski definition) is 3. The molecular formula is C14H22ClNO2. The molecule has 0 saturated heterocycles. The van der Waals surface area contributed by atoms with Crippen LogP contribution in [-0.4, -0.2) is 20.3 Å². The smallest absolute Gasteiger partial charge is 0.179 e. The number of halogens is 1. The van der Waals surface area contributed by atoms with E-state index in [0.29, 0.717) is 23.1 Å². The number of benzene rings is 1. The number of unbranched alkanes of at least 4 members (excludes halogenated alkanes) is 1. The third-order valence-electron chi connectivity index (χ3n) is 2.61. The number of hydrogen-bond donors (Lipinski definition) is 1. The van der Waals surface area contributed by atoms with Crippen molar-refractivity contribution in [3.63, 3.8) is 0 Å². The van der Waals surface area contributed by atoms with E-state index in [1.165, 1.54) is 12.8 Å². The Morgan fingerprint density at radius 2 is 2.06 bits per heavy atom. The molecule has 3 nitrogen and oxygen atoms in total. The normalized spacial score (nSPS) is 10.4. The Morgan fingerprint density at radius 1 is 1.28 bits per heavy atom. The quantitative estimate of drug-likeness (QED) is 0.733. The van der Waals surface area contributed by atoms with Gasteiger partial charge in [0.15, 0.2) is 11.5 Å². The Kier molecular flexibility index (Phi) is 6.91. The van der Waals surface area contributed by atoms with Crippen molar-refractivity contribution >= 4 is 11.6 Å². The molecule has 0 aliphatic rings. The zero-order chi connectivity index (χ0) is 13.4. The first-order valence-corrected chi connectivity index (χ1v) is 6.80. The average molecular weight is 272 g/mol. The van der Waals surface area contributed by atoms with E-state index in [4.69, 9.17) is 21.1 Å². The molecule has 0 atom stereocenters. The summed E-state index contributed by atoms with van der Waals surface area (Å²) in [4.78, 5) is 0. The molecule has 0 spiro atoms. The highest BCUT2D eigenvalue weighted by molar-refractivity contribution is 6.32. The van der Waals surface area contributed by atoms with Crippen LogP contribution in [0.25, 0.3) is 0 Å². The molecule has 1 aromatic rings. The van der Waals surface area contributed by atoms with Gasteiger partial charge in [-0.2, -0.15) is 0 Å². The Hall–Kier alpha value is -0.930. The minimum Gasteiger partial charge on any atom is -0.491 e. The minimum absolute atomic E-state index is 0.593. The van der Waals surface area contributed by atoms with E-state index in [0.717, 1.165) is 18.7 Å². The Morgan fingerprint density at radius 3 is 2.67 bits per heavy atom. The van der Waals surface area contributed by atoms with Crippen LogP contribution in [0.5, 0.6) is 11.5 Å². The molecule has 4 heteroatoms. The topological polar surface area (TPSA) is 30.5 Å². The molecule has 18 heavy (non-hydrogen) atoms. The molecule has 0 unspecified atom stereocenters. The summed E-state index contributed by atoms with van der Waals surface area (Å²) in [6.45, 7) is 6.53. The van der Waals surface area contributed by atoms with Crippen LogP contribution in [0, 0.1) is 0 Å². The van der Waals surface area contributed by atoms with Crippen LogP contribution in [0.1, 0.15) is 32.3 Å². The van der Waals surface area contributed by atoms with Crippen LogP contribution >= 0.6 is 11.6 Å². The first-order valence-electron chi connectivity index (χ1n) is 6.42. The van der Waals surface area contributed by atoms with Crippen molar-refractivity contribution in [2.45, 2.75) is 33.2 Å². The van der Waals surface area contributed by atoms with E-state index >= 15 is 0 Å². The lowest BCUT2D eigenvalue weighted by Crippen LogP contribution is -2.14. The van der Waals surface area contributed by atoms with E-state index in [1.54, 1.807) is 7.11 Å². The van der Waals surface area contributed by atoms with Crippen molar-refractivity contribution < 1.29 is 9.47 Å². The van der Waals surface area contributed by atoms with Gasteiger partial charge in [-0.15, -0.1) is 0 Å². The summed E-state index contributed by atoms with van der Waals surface area (Å²) < 4.78 is 10.8. The van der Waals surface area contributed by atoms with E-state index in [2.05, 4.69) is 12.2 Å². The highest BCUT2D eigenvalue weighted by Gasteiger charge is 2.11. The Balaban J connectivity index is 2.74. The summed E-state index contributed by atoms with van der Waals surface area (Å²) >= 11 is 6.18. The van der Waals surface area contributed by atoms with E-state index in [9.17, 15) is 0 Å². The standard InChI is InChI=1S/C14H22ClNO2/c1-4-6-7-16-10-11-8-12(15)14(17-3)13(9-11)18-5-2/h8-9,16H,4-7,10H2,1-3H3. The molecule has 0 heterocycles. The summed E-state index contributed by atoms with van der Waals surface area (Å²) in [6.07, 6.45) is 2.38. The monoisotopic (exact) mass is 271 g/mol. The maximum absolute atomic E-state index is 6.18. The fourth-order valence-corrected chi connectivity index (χ4v) is 2.03. The molecule has 0 aromatic heterocycles. The molecule has 0 fully saturated rings. The van der Waals surface area contributed by atoms with Gasteiger partial charge in [0.1, 0.15) is 0 Å². The third kappa shape index (κ3) is 4.39. The van der Waals surface area contributed by atoms with Crippen LogP contribution in [0.3, 0.4) is 0 Å². The second-order valence-corrected chi connectivity index (χ2v) is 4.48. The lowest BCUT2D eigenvalue weighted by molar-refractivity contribution is 0.310. The van der Waals surface area contributed by atoms with Gasteiger partial charge in [-0.05, 0) is 37.6 Å². The fourth-order valence-electron chi connectivity index (χ4n) is 1.72. The summed E-state index contributed by atoms with van der Waals surface area (Å²) in [5.74, 6) is 1.32. The summed E-state index contributed by atoms with van der Waals surface area (Å²) in [5, 5.41) is 3.97. The van der Waals surface area contributed by atoms with Gasteiger partial charge in [-0.1, -0.05) is 24.9 Å². The second-order valence-electron chi connectivity index (χ2n) is 4.07.